The maximum Gasteiger partial charge on any atom is 0.329 e. The number of nitrogens with zero attached hydrogens (tertiary/aromatic N) is 2. The summed E-state index contributed by atoms with van der Waals surface area (Å²) in [6.45, 7) is 5.45. The Kier molecular flexibility index (Phi) is 5.89. The topological polar surface area (TPSA) is 89.8 Å². The third-order valence-corrected chi connectivity index (χ3v) is 5.00. The highest BCUT2D eigenvalue weighted by Crippen LogP contribution is 2.11. The number of ether oxygens (including phenoxy) is 1. The predicted molar refractivity (Wildman–Crippen MR) is 106 cm³/mol. The SMILES string of the molecule is Cc1ccc(C(=O)N[C@@H](C(=O)OCc2cc(=O)n3ccsc3n2)C(C)C)cc1. The lowest BCUT2D eigenvalue weighted by Gasteiger charge is -2.21. The van der Waals surface area contributed by atoms with Gasteiger partial charge in [-0.15, -0.1) is 11.3 Å². The van der Waals surface area contributed by atoms with Gasteiger partial charge in [0.1, 0.15) is 12.6 Å². The number of amides is 1. The summed E-state index contributed by atoms with van der Waals surface area (Å²) in [5.74, 6) is -1.07. The molecule has 0 spiro atoms. The third kappa shape index (κ3) is 4.45. The van der Waals surface area contributed by atoms with E-state index in [-0.39, 0.29) is 24.0 Å². The highest BCUT2D eigenvalue weighted by atomic mass is 32.1. The first-order valence-corrected chi connectivity index (χ1v) is 9.73. The van der Waals surface area contributed by atoms with Crippen molar-refractivity contribution in [3.8, 4) is 0 Å². The van der Waals surface area contributed by atoms with Gasteiger partial charge < -0.3 is 10.1 Å². The molecule has 3 aromatic rings. The zero-order valence-corrected chi connectivity index (χ0v) is 16.7. The first-order chi connectivity index (χ1) is 13.3. The Morgan fingerprint density at radius 3 is 2.64 bits per heavy atom. The van der Waals surface area contributed by atoms with Gasteiger partial charge in [-0.1, -0.05) is 31.5 Å². The van der Waals surface area contributed by atoms with E-state index in [0.29, 0.717) is 16.2 Å². The Labute approximate surface area is 166 Å². The number of rotatable bonds is 6. The van der Waals surface area contributed by atoms with Crippen LogP contribution in [0.25, 0.3) is 4.96 Å². The summed E-state index contributed by atoms with van der Waals surface area (Å²) in [7, 11) is 0. The molecule has 0 aliphatic carbocycles. The van der Waals surface area contributed by atoms with E-state index in [2.05, 4.69) is 10.3 Å². The first kappa shape index (κ1) is 19.8. The minimum Gasteiger partial charge on any atom is -0.458 e. The molecule has 146 valence electrons. The summed E-state index contributed by atoms with van der Waals surface area (Å²) < 4.78 is 6.75. The van der Waals surface area contributed by atoms with Crippen molar-refractivity contribution in [3.63, 3.8) is 0 Å². The third-order valence-electron chi connectivity index (χ3n) is 4.24. The van der Waals surface area contributed by atoms with E-state index in [4.69, 9.17) is 4.74 Å². The number of carbonyl (C=O) groups is 2. The summed E-state index contributed by atoms with van der Waals surface area (Å²) in [4.78, 5) is 41.8. The second-order valence-electron chi connectivity index (χ2n) is 6.81. The molecule has 0 saturated heterocycles. The van der Waals surface area contributed by atoms with E-state index in [1.165, 1.54) is 21.8 Å². The van der Waals surface area contributed by atoms with Crippen molar-refractivity contribution in [2.24, 2.45) is 5.92 Å². The molecule has 0 radical (unpaired) electrons. The summed E-state index contributed by atoms with van der Waals surface area (Å²) in [6, 6.07) is 7.62. The fraction of sp³-hybridized carbons (Fsp3) is 0.300. The van der Waals surface area contributed by atoms with Gasteiger partial charge in [0.25, 0.3) is 11.5 Å². The highest BCUT2D eigenvalue weighted by molar-refractivity contribution is 7.15. The number of fused-ring (bicyclic) bond motifs is 1. The van der Waals surface area contributed by atoms with E-state index in [0.717, 1.165) is 5.56 Å². The standard InChI is InChI=1S/C20H21N3O4S/c1-12(2)17(22-18(25)14-6-4-13(3)5-7-14)19(26)27-11-15-10-16(24)23-8-9-28-20(23)21-15/h4-10,12,17H,11H2,1-3H3,(H,22,25)/t17-/m1/s1. The van der Waals surface area contributed by atoms with Crippen LogP contribution in [0.4, 0.5) is 0 Å². The fourth-order valence-electron chi connectivity index (χ4n) is 2.62. The Morgan fingerprint density at radius 1 is 1.25 bits per heavy atom. The van der Waals surface area contributed by atoms with Crippen LogP contribution in [0.15, 0.2) is 46.7 Å². The Balaban J connectivity index is 1.67. The average Bonchev–Trinajstić information content (AvgIpc) is 3.13. The zero-order valence-electron chi connectivity index (χ0n) is 15.8. The van der Waals surface area contributed by atoms with Crippen molar-refractivity contribution in [2.45, 2.75) is 33.4 Å². The van der Waals surface area contributed by atoms with Crippen LogP contribution in [0.5, 0.6) is 0 Å². The van der Waals surface area contributed by atoms with Gasteiger partial charge in [-0.2, -0.15) is 0 Å². The normalized spacial score (nSPS) is 12.1. The molecule has 2 heterocycles. The molecular formula is C20H21N3O4S. The number of aryl methyl sites for hydroxylation is 1. The van der Waals surface area contributed by atoms with E-state index in [9.17, 15) is 14.4 Å². The van der Waals surface area contributed by atoms with Crippen LogP contribution in [0.1, 0.15) is 35.5 Å². The molecule has 0 aliphatic rings. The van der Waals surface area contributed by atoms with Crippen LogP contribution in [-0.2, 0) is 16.1 Å². The molecule has 7 nitrogen and oxygen atoms in total. The number of esters is 1. The number of hydrogen-bond acceptors (Lipinski definition) is 6. The van der Waals surface area contributed by atoms with Gasteiger partial charge in [0.05, 0.1) is 5.69 Å². The summed E-state index contributed by atoms with van der Waals surface area (Å²) in [5, 5.41) is 4.49. The molecule has 0 saturated carbocycles. The van der Waals surface area contributed by atoms with Crippen LogP contribution < -0.4 is 10.9 Å². The smallest absolute Gasteiger partial charge is 0.329 e. The predicted octanol–water partition coefficient (Wildman–Crippen LogP) is 2.56. The number of nitrogens with one attached hydrogen (secondary N) is 1. The molecule has 1 amide bonds. The number of carbonyl (C=O) groups excluding carboxylic acids is 2. The van der Waals surface area contributed by atoms with Crippen LogP contribution >= 0.6 is 11.3 Å². The molecule has 0 unspecified atom stereocenters. The number of thiazole rings is 1. The molecule has 1 N–H and O–H groups in total. The van der Waals surface area contributed by atoms with Crippen LogP contribution in [0.2, 0.25) is 0 Å². The molecule has 2 aromatic heterocycles. The van der Waals surface area contributed by atoms with E-state index in [1.54, 1.807) is 23.7 Å². The fourth-order valence-corrected chi connectivity index (χ4v) is 3.36. The largest absolute Gasteiger partial charge is 0.458 e. The van der Waals surface area contributed by atoms with Gasteiger partial charge in [-0.05, 0) is 25.0 Å². The Hall–Kier alpha value is -3.00. The number of aromatic nitrogens is 2. The van der Waals surface area contributed by atoms with Crippen molar-refractivity contribution < 1.29 is 14.3 Å². The maximum absolute atomic E-state index is 12.5. The molecule has 3 rings (SSSR count). The van der Waals surface area contributed by atoms with E-state index in [1.807, 2.05) is 32.9 Å². The second-order valence-corrected chi connectivity index (χ2v) is 7.68. The summed E-state index contributed by atoms with van der Waals surface area (Å²) in [5.41, 5.74) is 1.66. The van der Waals surface area contributed by atoms with Crippen LogP contribution in [-0.4, -0.2) is 27.3 Å². The van der Waals surface area contributed by atoms with Crippen molar-refractivity contribution in [1.82, 2.24) is 14.7 Å². The number of benzene rings is 1. The van der Waals surface area contributed by atoms with Crippen LogP contribution in [0.3, 0.4) is 0 Å². The van der Waals surface area contributed by atoms with Crippen molar-refractivity contribution in [3.05, 3.63) is 69.1 Å². The molecule has 1 aromatic carbocycles. The molecule has 1 atom stereocenters. The lowest BCUT2D eigenvalue weighted by atomic mass is 10.0. The molecular weight excluding hydrogens is 378 g/mol. The van der Waals surface area contributed by atoms with E-state index < -0.39 is 12.0 Å². The maximum atomic E-state index is 12.5. The second kappa shape index (κ2) is 8.35. The van der Waals surface area contributed by atoms with Gasteiger partial charge in [-0.25, -0.2) is 9.78 Å². The zero-order chi connectivity index (χ0) is 20.3. The summed E-state index contributed by atoms with van der Waals surface area (Å²) in [6.07, 6.45) is 1.64. The van der Waals surface area contributed by atoms with Gasteiger partial charge >= 0.3 is 5.97 Å². The molecule has 0 bridgehead atoms. The van der Waals surface area contributed by atoms with Gasteiger partial charge in [0, 0.05) is 23.2 Å². The van der Waals surface area contributed by atoms with Crippen molar-refractivity contribution in [1.29, 1.82) is 0 Å². The highest BCUT2D eigenvalue weighted by Gasteiger charge is 2.26. The minimum atomic E-state index is -0.805. The first-order valence-electron chi connectivity index (χ1n) is 8.85. The average molecular weight is 399 g/mol. The van der Waals surface area contributed by atoms with E-state index >= 15 is 0 Å². The lowest BCUT2D eigenvalue weighted by Crippen LogP contribution is -2.45. The quantitative estimate of drug-likeness (QED) is 0.644. The van der Waals surface area contributed by atoms with Crippen molar-refractivity contribution >= 4 is 28.2 Å². The van der Waals surface area contributed by atoms with Gasteiger partial charge in [-0.3, -0.25) is 14.0 Å². The summed E-state index contributed by atoms with van der Waals surface area (Å²) >= 11 is 1.32. The molecule has 0 aliphatic heterocycles. The Bertz CT molecular complexity index is 1050. The lowest BCUT2D eigenvalue weighted by molar-refractivity contribution is -0.148. The van der Waals surface area contributed by atoms with Gasteiger partial charge in [0.2, 0.25) is 0 Å². The van der Waals surface area contributed by atoms with Gasteiger partial charge in [0.15, 0.2) is 4.96 Å². The minimum absolute atomic E-state index is 0.133. The van der Waals surface area contributed by atoms with Crippen molar-refractivity contribution in [2.75, 3.05) is 0 Å². The number of hydrogen-bond donors (Lipinski definition) is 1. The molecule has 28 heavy (non-hydrogen) atoms. The Morgan fingerprint density at radius 2 is 1.96 bits per heavy atom. The monoisotopic (exact) mass is 399 g/mol. The molecule has 8 heteroatoms. The molecule has 0 fully saturated rings. The van der Waals surface area contributed by atoms with Crippen LogP contribution in [0, 0.1) is 12.8 Å².